The topological polar surface area (TPSA) is 59.0 Å². The number of amides is 1. The molecule has 2 aromatic heterocycles. The van der Waals surface area contributed by atoms with Crippen molar-refractivity contribution in [3.63, 3.8) is 0 Å². The summed E-state index contributed by atoms with van der Waals surface area (Å²) in [4.78, 5) is 13.3. The SMILES string of the molecule is CNC(C(=O)NCc1cc(Br)cs1)c1cnn(C)c1. The molecule has 0 saturated carbocycles. The van der Waals surface area contributed by atoms with Crippen LogP contribution in [-0.4, -0.2) is 22.7 Å². The molecule has 2 rings (SSSR count). The molecular weight excluding hydrogens is 328 g/mol. The van der Waals surface area contributed by atoms with Gasteiger partial charge in [-0.2, -0.15) is 5.10 Å². The lowest BCUT2D eigenvalue weighted by Crippen LogP contribution is -2.35. The third kappa shape index (κ3) is 3.65. The summed E-state index contributed by atoms with van der Waals surface area (Å²) in [5, 5.41) is 12.0. The zero-order valence-electron chi connectivity index (χ0n) is 10.7. The molecule has 0 spiro atoms. The van der Waals surface area contributed by atoms with E-state index in [9.17, 15) is 4.79 Å². The summed E-state index contributed by atoms with van der Waals surface area (Å²) in [5.41, 5.74) is 0.856. The molecule has 2 aromatic rings. The molecule has 0 aliphatic heterocycles. The standard InChI is InChI=1S/C12H15BrN4OS/c1-14-11(8-4-16-17(2)6-8)12(18)15-5-10-3-9(13)7-19-10/h3-4,6-7,11,14H,5H2,1-2H3,(H,15,18). The van der Waals surface area contributed by atoms with Crippen molar-refractivity contribution in [1.29, 1.82) is 0 Å². The van der Waals surface area contributed by atoms with Crippen molar-refractivity contribution >= 4 is 33.2 Å². The van der Waals surface area contributed by atoms with Gasteiger partial charge in [-0.05, 0) is 29.0 Å². The molecule has 1 amide bonds. The lowest BCUT2D eigenvalue weighted by Gasteiger charge is -2.14. The smallest absolute Gasteiger partial charge is 0.242 e. The van der Waals surface area contributed by atoms with Crippen molar-refractivity contribution in [2.24, 2.45) is 7.05 Å². The van der Waals surface area contributed by atoms with Crippen LogP contribution in [0.2, 0.25) is 0 Å². The van der Waals surface area contributed by atoms with Crippen molar-refractivity contribution in [3.8, 4) is 0 Å². The zero-order chi connectivity index (χ0) is 13.8. The number of hydrogen-bond acceptors (Lipinski definition) is 4. The second kappa shape index (κ2) is 6.31. The van der Waals surface area contributed by atoms with Crippen molar-refractivity contribution in [3.05, 3.63) is 38.8 Å². The Morgan fingerprint density at radius 1 is 1.63 bits per heavy atom. The number of likely N-dealkylation sites (N-methyl/N-ethyl adjacent to an activating group) is 1. The first-order chi connectivity index (χ1) is 9.10. The molecule has 0 aliphatic carbocycles. The van der Waals surface area contributed by atoms with Crippen molar-refractivity contribution in [2.45, 2.75) is 12.6 Å². The van der Waals surface area contributed by atoms with Crippen LogP contribution in [0.4, 0.5) is 0 Å². The first-order valence-corrected chi connectivity index (χ1v) is 7.44. The highest BCUT2D eigenvalue weighted by Gasteiger charge is 2.19. The van der Waals surface area contributed by atoms with E-state index in [2.05, 4.69) is 31.7 Å². The number of hydrogen-bond donors (Lipinski definition) is 2. The number of carbonyl (C=O) groups is 1. The average molecular weight is 343 g/mol. The Balaban J connectivity index is 1.97. The van der Waals surface area contributed by atoms with Gasteiger partial charge in [-0.15, -0.1) is 11.3 Å². The summed E-state index contributed by atoms with van der Waals surface area (Å²) < 4.78 is 2.72. The summed E-state index contributed by atoms with van der Waals surface area (Å²) >= 11 is 5.01. The summed E-state index contributed by atoms with van der Waals surface area (Å²) in [6.07, 6.45) is 3.53. The molecule has 0 radical (unpaired) electrons. The monoisotopic (exact) mass is 342 g/mol. The van der Waals surface area contributed by atoms with Crippen LogP contribution in [0.5, 0.6) is 0 Å². The minimum atomic E-state index is -0.378. The molecule has 7 heteroatoms. The Kier molecular flexibility index (Phi) is 4.73. The number of carbonyl (C=O) groups excluding carboxylic acids is 1. The molecule has 2 heterocycles. The van der Waals surface area contributed by atoms with Gasteiger partial charge in [-0.3, -0.25) is 9.48 Å². The minimum absolute atomic E-state index is 0.0555. The maximum Gasteiger partial charge on any atom is 0.242 e. The van der Waals surface area contributed by atoms with Gasteiger partial charge in [-0.25, -0.2) is 0 Å². The Morgan fingerprint density at radius 3 is 2.95 bits per heavy atom. The van der Waals surface area contributed by atoms with Crippen LogP contribution in [0.1, 0.15) is 16.5 Å². The largest absolute Gasteiger partial charge is 0.350 e. The quantitative estimate of drug-likeness (QED) is 0.871. The number of aryl methyl sites for hydroxylation is 1. The van der Waals surface area contributed by atoms with E-state index in [1.807, 2.05) is 24.7 Å². The van der Waals surface area contributed by atoms with Crippen molar-refractivity contribution in [2.75, 3.05) is 7.05 Å². The molecule has 1 atom stereocenters. The predicted molar refractivity (Wildman–Crippen MR) is 78.9 cm³/mol. The van der Waals surface area contributed by atoms with Gasteiger partial charge in [-0.1, -0.05) is 0 Å². The van der Waals surface area contributed by atoms with Gasteiger partial charge < -0.3 is 10.6 Å². The zero-order valence-corrected chi connectivity index (χ0v) is 13.1. The molecular formula is C12H15BrN4OS. The molecule has 0 fully saturated rings. The normalized spacial score (nSPS) is 12.4. The fraction of sp³-hybridized carbons (Fsp3) is 0.333. The van der Waals surface area contributed by atoms with Gasteiger partial charge in [0.05, 0.1) is 12.7 Å². The molecule has 19 heavy (non-hydrogen) atoms. The Labute approximate surface area is 124 Å². The molecule has 0 saturated heterocycles. The minimum Gasteiger partial charge on any atom is -0.350 e. The van der Waals surface area contributed by atoms with Crippen LogP contribution in [0.3, 0.4) is 0 Å². The van der Waals surface area contributed by atoms with E-state index >= 15 is 0 Å². The van der Waals surface area contributed by atoms with E-state index in [0.717, 1.165) is 14.9 Å². The van der Waals surface area contributed by atoms with E-state index in [1.165, 1.54) is 0 Å². The van der Waals surface area contributed by atoms with Gasteiger partial charge >= 0.3 is 0 Å². The van der Waals surface area contributed by atoms with Crippen molar-refractivity contribution in [1.82, 2.24) is 20.4 Å². The molecule has 0 aromatic carbocycles. The van der Waals surface area contributed by atoms with E-state index in [-0.39, 0.29) is 11.9 Å². The molecule has 0 bridgehead atoms. The van der Waals surface area contributed by atoms with Gasteiger partial charge in [0.1, 0.15) is 6.04 Å². The van der Waals surface area contributed by atoms with Gasteiger partial charge in [0, 0.05) is 33.5 Å². The Morgan fingerprint density at radius 2 is 2.42 bits per heavy atom. The van der Waals surface area contributed by atoms with Gasteiger partial charge in [0.2, 0.25) is 5.91 Å². The second-order valence-corrected chi connectivity index (χ2v) is 6.03. The first-order valence-electron chi connectivity index (χ1n) is 5.76. The molecule has 2 N–H and O–H groups in total. The lowest BCUT2D eigenvalue weighted by atomic mass is 10.1. The molecule has 0 aliphatic rings. The van der Waals surface area contributed by atoms with Crippen LogP contribution in [0.15, 0.2) is 28.3 Å². The fourth-order valence-corrected chi connectivity index (χ4v) is 3.15. The van der Waals surface area contributed by atoms with Gasteiger partial charge in [0.25, 0.3) is 0 Å². The second-order valence-electron chi connectivity index (χ2n) is 4.12. The van der Waals surface area contributed by atoms with E-state index in [0.29, 0.717) is 6.54 Å². The number of rotatable bonds is 5. The Bertz CT molecular complexity index is 566. The van der Waals surface area contributed by atoms with Crippen LogP contribution in [0, 0.1) is 0 Å². The number of halogens is 1. The number of thiophene rings is 1. The predicted octanol–water partition coefficient (Wildman–Crippen LogP) is 1.82. The summed E-state index contributed by atoms with van der Waals surface area (Å²) in [7, 11) is 3.59. The van der Waals surface area contributed by atoms with Crippen molar-refractivity contribution < 1.29 is 4.79 Å². The number of aromatic nitrogens is 2. The third-order valence-corrected chi connectivity index (χ3v) is 4.37. The highest BCUT2D eigenvalue weighted by molar-refractivity contribution is 9.10. The van der Waals surface area contributed by atoms with Crippen LogP contribution < -0.4 is 10.6 Å². The molecule has 102 valence electrons. The molecule has 1 unspecified atom stereocenters. The highest BCUT2D eigenvalue weighted by atomic mass is 79.9. The number of nitrogens with zero attached hydrogens (tertiary/aromatic N) is 2. The van der Waals surface area contributed by atoms with E-state index in [1.54, 1.807) is 29.3 Å². The van der Waals surface area contributed by atoms with Crippen LogP contribution >= 0.6 is 27.3 Å². The number of nitrogens with one attached hydrogen (secondary N) is 2. The summed E-state index contributed by atoms with van der Waals surface area (Å²) in [6.45, 7) is 0.535. The fourth-order valence-electron chi connectivity index (χ4n) is 1.76. The summed E-state index contributed by atoms with van der Waals surface area (Å²) in [6, 6.07) is 1.63. The van der Waals surface area contributed by atoms with E-state index < -0.39 is 0 Å². The lowest BCUT2D eigenvalue weighted by molar-refractivity contribution is -0.123. The highest BCUT2D eigenvalue weighted by Crippen LogP contribution is 2.19. The Hall–Kier alpha value is -1.18. The first kappa shape index (κ1) is 14.2. The maximum atomic E-state index is 12.1. The maximum absolute atomic E-state index is 12.1. The summed E-state index contributed by atoms with van der Waals surface area (Å²) in [5.74, 6) is -0.0555. The van der Waals surface area contributed by atoms with Crippen LogP contribution in [0.25, 0.3) is 0 Å². The van der Waals surface area contributed by atoms with E-state index in [4.69, 9.17) is 0 Å². The van der Waals surface area contributed by atoms with Gasteiger partial charge in [0.15, 0.2) is 0 Å². The molecule has 5 nitrogen and oxygen atoms in total. The van der Waals surface area contributed by atoms with Crippen LogP contribution in [-0.2, 0) is 18.4 Å². The average Bonchev–Trinajstić information content (AvgIpc) is 2.97. The third-order valence-electron chi connectivity index (χ3n) is 2.67.